The summed E-state index contributed by atoms with van der Waals surface area (Å²) in [5.74, 6) is 0.670. The highest BCUT2D eigenvalue weighted by Crippen LogP contribution is 2.61. The Balaban J connectivity index is 1.87. The summed E-state index contributed by atoms with van der Waals surface area (Å²) >= 11 is 0. The second-order valence-electron chi connectivity index (χ2n) is 6.59. The molecule has 0 aromatic rings. The lowest BCUT2D eigenvalue weighted by atomic mass is 9.84. The number of ether oxygens (including phenoxy) is 1. The fourth-order valence-corrected chi connectivity index (χ4v) is 3.71. The average molecular weight is 246 g/mol. The Morgan fingerprint density at radius 1 is 1.50 bits per heavy atom. The van der Waals surface area contributed by atoms with Crippen LogP contribution in [0.4, 0.5) is 0 Å². The zero-order chi connectivity index (χ0) is 12.9. The summed E-state index contributed by atoms with van der Waals surface area (Å²) in [4.78, 5) is 11.8. The molecule has 0 spiro atoms. The first-order valence-electron chi connectivity index (χ1n) is 7.07. The first-order valence-corrected chi connectivity index (χ1v) is 7.07. The van der Waals surface area contributed by atoms with Gasteiger partial charge in [0.05, 0.1) is 0 Å². The Labute approximate surface area is 109 Å². The van der Waals surface area contributed by atoms with E-state index in [0.29, 0.717) is 16.9 Å². The van der Waals surface area contributed by atoms with Gasteiger partial charge in [0.2, 0.25) is 0 Å². The van der Waals surface area contributed by atoms with Gasteiger partial charge in [-0.25, -0.2) is 4.79 Å². The van der Waals surface area contributed by atoms with Crippen molar-refractivity contribution in [1.82, 2.24) is 0 Å². The molecular weight excluding hydrogens is 224 g/mol. The maximum absolute atomic E-state index is 11.8. The molecular formula is C16H22O2. The van der Waals surface area contributed by atoms with Gasteiger partial charge in [-0.05, 0) is 44.4 Å². The van der Waals surface area contributed by atoms with Crippen molar-refractivity contribution in [3.8, 4) is 0 Å². The van der Waals surface area contributed by atoms with Crippen LogP contribution in [-0.2, 0) is 9.53 Å². The smallest absolute Gasteiger partial charge is 0.334 e. The van der Waals surface area contributed by atoms with Gasteiger partial charge in [-0.15, -0.1) is 0 Å². The monoisotopic (exact) mass is 246 g/mol. The predicted molar refractivity (Wildman–Crippen MR) is 70.9 cm³/mol. The highest BCUT2D eigenvalue weighted by atomic mass is 16.6. The van der Waals surface area contributed by atoms with Crippen LogP contribution in [0, 0.1) is 17.3 Å². The maximum atomic E-state index is 11.8. The van der Waals surface area contributed by atoms with Crippen LogP contribution in [0.2, 0.25) is 0 Å². The van der Waals surface area contributed by atoms with Crippen LogP contribution in [0.15, 0.2) is 23.8 Å². The van der Waals surface area contributed by atoms with Gasteiger partial charge in [0.25, 0.3) is 0 Å². The number of fused-ring (bicyclic) bond motifs is 3. The Morgan fingerprint density at radius 2 is 2.28 bits per heavy atom. The molecule has 1 saturated heterocycles. The van der Waals surface area contributed by atoms with Gasteiger partial charge in [-0.3, -0.25) is 0 Å². The molecule has 0 amide bonds. The van der Waals surface area contributed by atoms with Crippen molar-refractivity contribution >= 4 is 5.97 Å². The highest BCUT2D eigenvalue weighted by molar-refractivity contribution is 5.90. The SMILES string of the molecule is C=C1C(=O)O[C@@H]2[C@H]3C[C@]3(C)CC/C=C(\C)CC[C@@H]12. The van der Waals surface area contributed by atoms with Crippen LogP contribution < -0.4 is 0 Å². The molecule has 3 aliphatic rings. The van der Waals surface area contributed by atoms with Crippen LogP contribution in [0.1, 0.15) is 46.0 Å². The van der Waals surface area contributed by atoms with Crippen molar-refractivity contribution in [2.24, 2.45) is 17.3 Å². The number of carbonyl (C=O) groups is 1. The van der Waals surface area contributed by atoms with E-state index in [0.717, 1.165) is 12.8 Å². The van der Waals surface area contributed by atoms with Crippen molar-refractivity contribution in [2.75, 3.05) is 0 Å². The normalized spacial score (nSPS) is 46.6. The van der Waals surface area contributed by atoms with E-state index >= 15 is 0 Å². The zero-order valence-corrected chi connectivity index (χ0v) is 11.4. The summed E-state index contributed by atoms with van der Waals surface area (Å²) in [6.07, 6.45) is 8.18. The molecule has 3 rings (SSSR count). The fourth-order valence-electron chi connectivity index (χ4n) is 3.71. The van der Waals surface area contributed by atoms with Gasteiger partial charge in [0, 0.05) is 17.4 Å². The minimum atomic E-state index is -0.153. The number of hydrogen-bond donors (Lipinski definition) is 0. The van der Waals surface area contributed by atoms with E-state index in [2.05, 4.69) is 26.5 Å². The van der Waals surface area contributed by atoms with Gasteiger partial charge < -0.3 is 4.74 Å². The molecule has 0 unspecified atom stereocenters. The van der Waals surface area contributed by atoms with Crippen molar-refractivity contribution in [3.05, 3.63) is 23.8 Å². The van der Waals surface area contributed by atoms with Crippen LogP contribution in [0.5, 0.6) is 0 Å². The molecule has 1 heterocycles. The van der Waals surface area contributed by atoms with Crippen molar-refractivity contribution in [3.63, 3.8) is 0 Å². The molecule has 98 valence electrons. The molecule has 2 fully saturated rings. The first-order chi connectivity index (χ1) is 8.51. The number of esters is 1. The number of rotatable bonds is 0. The maximum Gasteiger partial charge on any atom is 0.334 e. The molecule has 18 heavy (non-hydrogen) atoms. The number of allylic oxidation sites excluding steroid dienone is 2. The van der Waals surface area contributed by atoms with Crippen LogP contribution in [0.3, 0.4) is 0 Å². The molecule has 0 aromatic heterocycles. The van der Waals surface area contributed by atoms with E-state index in [9.17, 15) is 4.79 Å². The quantitative estimate of drug-likeness (QED) is 0.370. The minimum absolute atomic E-state index is 0.112. The van der Waals surface area contributed by atoms with Crippen LogP contribution in [-0.4, -0.2) is 12.1 Å². The van der Waals surface area contributed by atoms with Crippen molar-refractivity contribution in [2.45, 2.75) is 52.1 Å². The number of hydrogen-bond acceptors (Lipinski definition) is 2. The van der Waals surface area contributed by atoms with Gasteiger partial charge in [0.15, 0.2) is 0 Å². The summed E-state index contributed by atoms with van der Waals surface area (Å²) < 4.78 is 5.61. The second kappa shape index (κ2) is 3.97. The van der Waals surface area contributed by atoms with E-state index in [1.54, 1.807) is 0 Å². The molecule has 4 atom stereocenters. The lowest BCUT2D eigenvalue weighted by molar-refractivity contribution is -0.140. The van der Waals surface area contributed by atoms with E-state index in [4.69, 9.17) is 4.74 Å². The van der Waals surface area contributed by atoms with E-state index in [1.165, 1.54) is 24.8 Å². The minimum Gasteiger partial charge on any atom is -0.458 e. The third-order valence-corrected chi connectivity index (χ3v) is 5.23. The molecule has 0 aromatic carbocycles. The molecule has 2 heteroatoms. The Bertz CT molecular complexity index is 434. The summed E-state index contributed by atoms with van der Waals surface area (Å²) in [6.45, 7) is 8.49. The van der Waals surface area contributed by atoms with Crippen LogP contribution >= 0.6 is 0 Å². The zero-order valence-electron chi connectivity index (χ0n) is 11.4. The topological polar surface area (TPSA) is 26.3 Å². The summed E-state index contributed by atoms with van der Waals surface area (Å²) in [7, 11) is 0. The summed E-state index contributed by atoms with van der Waals surface area (Å²) in [5.41, 5.74) is 2.55. The van der Waals surface area contributed by atoms with Crippen LogP contribution in [0.25, 0.3) is 0 Å². The van der Waals surface area contributed by atoms with E-state index < -0.39 is 0 Å². The molecule has 1 saturated carbocycles. The fraction of sp³-hybridized carbons (Fsp3) is 0.688. The molecule has 2 aliphatic carbocycles. The Morgan fingerprint density at radius 3 is 3.06 bits per heavy atom. The Hall–Kier alpha value is -1.05. The van der Waals surface area contributed by atoms with Gasteiger partial charge in [-0.2, -0.15) is 0 Å². The van der Waals surface area contributed by atoms with Crippen molar-refractivity contribution < 1.29 is 9.53 Å². The summed E-state index contributed by atoms with van der Waals surface area (Å²) in [6, 6.07) is 0. The van der Waals surface area contributed by atoms with E-state index in [-0.39, 0.29) is 18.0 Å². The summed E-state index contributed by atoms with van der Waals surface area (Å²) in [5, 5.41) is 0. The van der Waals surface area contributed by atoms with E-state index in [1.807, 2.05) is 0 Å². The molecule has 0 bridgehead atoms. The first kappa shape index (κ1) is 12.0. The standard InChI is InChI=1S/C16H22O2/c1-10-5-4-8-16(3)9-13(16)14-12(7-6-10)11(2)15(17)18-14/h5,12-14H,2,4,6-9H2,1,3H3/b10-5+/t12-,13+,14-,16-/m0/s1. The molecule has 1 aliphatic heterocycles. The number of carbonyl (C=O) groups excluding carboxylic acids is 1. The molecule has 0 N–H and O–H groups in total. The lowest BCUT2D eigenvalue weighted by Crippen LogP contribution is -2.23. The van der Waals surface area contributed by atoms with Gasteiger partial charge in [-0.1, -0.05) is 25.2 Å². The molecule has 0 radical (unpaired) electrons. The Kier molecular flexibility index (Phi) is 2.65. The third kappa shape index (κ3) is 1.82. The predicted octanol–water partition coefficient (Wildman–Crippen LogP) is 3.63. The third-order valence-electron chi connectivity index (χ3n) is 5.23. The highest BCUT2D eigenvalue weighted by Gasteiger charge is 2.59. The van der Waals surface area contributed by atoms with Gasteiger partial charge in [0.1, 0.15) is 6.10 Å². The largest absolute Gasteiger partial charge is 0.458 e. The lowest BCUT2D eigenvalue weighted by Gasteiger charge is -2.22. The second-order valence-corrected chi connectivity index (χ2v) is 6.59. The molecule has 2 nitrogen and oxygen atoms in total. The average Bonchev–Trinajstić information content (AvgIpc) is 2.90. The van der Waals surface area contributed by atoms with Crippen molar-refractivity contribution in [1.29, 1.82) is 0 Å². The van der Waals surface area contributed by atoms with Gasteiger partial charge >= 0.3 is 5.97 Å².